The van der Waals surface area contributed by atoms with E-state index in [0.717, 1.165) is 22.9 Å². The van der Waals surface area contributed by atoms with Gasteiger partial charge in [-0.1, -0.05) is 37.9 Å². The average Bonchev–Trinajstić information content (AvgIpc) is 2.64. The lowest BCUT2D eigenvalue weighted by molar-refractivity contribution is -0.128. The maximum atomic E-state index is 11.8. The molecule has 0 aromatic heterocycles. The summed E-state index contributed by atoms with van der Waals surface area (Å²) in [7, 11) is 0. The smallest absolute Gasteiger partial charge is 0.223 e. The molecule has 1 aromatic rings. The van der Waals surface area contributed by atoms with Crippen molar-refractivity contribution in [3.8, 4) is 0 Å². The Kier molecular flexibility index (Phi) is 4.26. The maximum absolute atomic E-state index is 11.8. The summed E-state index contributed by atoms with van der Waals surface area (Å²) in [5.74, 6) is 0.745. The van der Waals surface area contributed by atoms with Crippen LogP contribution in [0.2, 0.25) is 0 Å². The number of benzene rings is 1. The van der Waals surface area contributed by atoms with E-state index in [-0.39, 0.29) is 5.91 Å². The quantitative estimate of drug-likeness (QED) is 0.755. The van der Waals surface area contributed by atoms with E-state index in [2.05, 4.69) is 50.9 Å². The van der Waals surface area contributed by atoms with Crippen LogP contribution in [0, 0.1) is 12.8 Å². The van der Waals surface area contributed by atoms with Crippen LogP contribution in [0.4, 0.5) is 0 Å². The summed E-state index contributed by atoms with van der Waals surface area (Å²) in [5, 5.41) is 0.911. The van der Waals surface area contributed by atoms with Gasteiger partial charge in [0.15, 0.2) is 0 Å². The Hall–Kier alpha value is -0.350. The van der Waals surface area contributed by atoms with Crippen LogP contribution in [0.5, 0.6) is 0 Å². The Morgan fingerprint density at radius 1 is 1.47 bits per heavy atom. The van der Waals surface area contributed by atoms with Gasteiger partial charge in [0.05, 0.1) is 0 Å². The number of hydrogen-bond acceptors (Lipinski definition) is 1. The van der Waals surface area contributed by atoms with Gasteiger partial charge in [-0.15, -0.1) is 0 Å². The zero-order chi connectivity index (χ0) is 12.4. The molecule has 0 spiro atoms. The van der Waals surface area contributed by atoms with Gasteiger partial charge < -0.3 is 4.90 Å². The molecule has 1 fully saturated rings. The van der Waals surface area contributed by atoms with E-state index in [1.165, 1.54) is 11.1 Å². The van der Waals surface area contributed by atoms with Crippen LogP contribution in [0.25, 0.3) is 0 Å². The minimum absolute atomic E-state index is 0.275. The van der Waals surface area contributed by atoms with Gasteiger partial charge in [0.2, 0.25) is 5.91 Å². The predicted molar refractivity (Wildman–Crippen MR) is 76.2 cm³/mol. The van der Waals surface area contributed by atoms with Crippen molar-refractivity contribution in [2.45, 2.75) is 19.9 Å². The minimum Gasteiger partial charge on any atom is -0.338 e. The number of carbonyl (C=O) groups is 1. The van der Waals surface area contributed by atoms with E-state index in [9.17, 15) is 4.79 Å². The number of carbonyl (C=O) groups excluding carboxylic acids is 1. The molecule has 2 nitrogen and oxygen atoms in total. The molecule has 2 rings (SSSR count). The van der Waals surface area contributed by atoms with E-state index in [0.29, 0.717) is 12.3 Å². The number of hydrogen-bond donors (Lipinski definition) is 0. The van der Waals surface area contributed by atoms with E-state index >= 15 is 0 Å². The number of likely N-dealkylation sites (tertiary alicyclic amines) is 1. The standard InChI is InChI=1S/C13H15Br2NO/c1-9-4-12(15)3-2-11(9)8-16-7-10(6-14)5-13(16)17/h2-4,10H,5-8H2,1H3. The lowest BCUT2D eigenvalue weighted by Crippen LogP contribution is -2.25. The summed E-state index contributed by atoms with van der Waals surface area (Å²) in [6.07, 6.45) is 0.681. The SMILES string of the molecule is Cc1cc(Br)ccc1CN1CC(CBr)CC1=O. The highest BCUT2D eigenvalue weighted by Gasteiger charge is 2.28. The molecular formula is C13H15Br2NO. The molecule has 0 N–H and O–H groups in total. The molecule has 0 bridgehead atoms. The van der Waals surface area contributed by atoms with Crippen LogP contribution in [0.1, 0.15) is 17.5 Å². The van der Waals surface area contributed by atoms with Gasteiger partial charge in [0.1, 0.15) is 0 Å². The Bertz CT molecular complexity index is 433. The molecule has 0 radical (unpaired) electrons. The predicted octanol–water partition coefficient (Wildman–Crippen LogP) is 3.50. The van der Waals surface area contributed by atoms with Crippen molar-refractivity contribution in [2.75, 3.05) is 11.9 Å². The molecule has 17 heavy (non-hydrogen) atoms. The van der Waals surface area contributed by atoms with Crippen LogP contribution < -0.4 is 0 Å². The largest absolute Gasteiger partial charge is 0.338 e. The zero-order valence-corrected chi connectivity index (χ0v) is 12.9. The lowest BCUT2D eigenvalue weighted by atomic mass is 10.1. The van der Waals surface area contributed by atoms with Crippen LogP contribution in [-0.4, -0.2) is 22.7 Å². The Morgan fingerprint density at radius 2 is 2.24 bits per heavy atom. The van der Waals surface area contributed by atoms with Gasteiger partial charge in [-0.25, -0.2) is 0 Å². The van der Waals surface area contributed by atoms with Gasteiger partial charge >= 0.3 is 0 Å². The second-order valence-corrected chi connectivity index (χ2v) is 6.13. The monoisotopic (exact) mass is 359 g/mol. The Morgan fingerprint density at radius 3 is 2.82 bits per heavy atom. The summed E-state index contributed by atoms with van der Waals surface area (Å²) < 4.78 is 1.09. The van der Waals surface area contributed by atoms with Gasteiger partial charge in [0.25, 0.3) is 0 Å². The number of nitrogens with zero attached hydrogens (tertiary/aromatic N) is 1. The first-order valence-corrected chi connectivity index (χ1v) is 7.60. The van der Waals surface area contributed by atoms with Crippen molar-refractivity contribution in [3.63, 3.8) is 0 Å². The molecule has 1 amide bonds. The normalized spacial score (nSPS) is 20.1. The van der Waals surface area contributed by atoms with E-state index < -0.39 is 0 Å². The number of alkyl halides is 1. The lowest BCUT2D eigenvalue weighted by Gasteiger charge is -2.18. The third kappa shape index (κ3) is 3.10. The molecule has 1 unspecified atom stereocenters. The highest BCUT2D eigenvalue weighted by molar-refractivity contribution is 9.10. The number of aryl methyl sites for hydroxylation is 1. The second-order valence-electron chi connectivity index (χ2n) is 4.57. The third-order valence-electron chi connectivity index (χ3n) is 3.18. The van der Waals surface area contributed by atoms with E-state index in [1.807, 2.05) is 11.0 Å². The summed E-state index contributed by atoms with van der Waals surface area (Å²) in [6.45, 7) is 3.70. The number of halogens is 2. The van der Waals surface area contributed by atoms with Crippen LogP contribution in [0.15, 0.2) is 22.7 Å². The molecule has 1 atom stereocenters. The maximum Gasteiger partial charge on any atom is 0.223 e. The summed E-state index contributed by atoms with van der Waals surface area (Å²) in [6, 6.07) is 6.22. The first kappa shape index (κ1) is 13.1. The number of rotatable bonds is 3. The molecule has 1 saturated heterocycles. The molecule has 1 heterocycles. The van der Waals surface area contributed by atoms with E-state index in [4.69, 9.17) is 0 Å². The van der Waals surface area contributed by atoms with Gasteiger partial charge in [-0.05, 0) is 36.1 Å². The van der Waals surface area contributed by atoms with Crippen LogP contribution in [-0.2, 0) is 11.3 Å². The van der Waals surface area contributed by atoms with Crippen molar-refractivity contribution >= 4 is 37.8 Å². The Balaban J connectivity index is 2.08. The fourth-order valence-electron chi connectivity index (χ4n) is 2.15. The second kappa shape index (κ2) is 5.53. The van der Waals surface area contributed by atoms with Crippen LogP contribution in [0.3, 0.4) is 0 Å². The Labute approximate surface area is 119 Å². The fraction of sp³-hybridized carbons (Fsp3) is 0.462. The van der Waals surface area contributed by atoms with Gasteiger partial charge in [-0.2, -0.15) is 0 Å². The molecule has 92 valence electrons. The molecule has 0 saturated carbocycles. The number of amides is 1. The topological polar surface area (TPSA) is 20.3 Å². The molecule has 1 aromatic carbocycles. The van der Waals surface area contributed by atoms with Crippen LogP contribution >= 0.6 is 31.9 Å². The van der Waals surface area contributed by atoms with Crippen molar-refractivity contribution in [3.05, 3.63) is 33.8 Å². The van der Waals surface area contributed by atoms with Crippen molar-refractivity contribution in [1.82, 2.24) is 4.90 Å². The minimum atomic E-state index is 0.275. The molecule has 4 heteroatoms. The van der Waals surface area contributed by atoms with Gasteiger partial charge in [0, 0.05) is 29.3 Å². The van der Waals surface area contributed by atoms with E-state index in [1.54, 1.807) is 0 Å². The summed E-state index contributed by atoms with van der Waals surface area (Å²) >= 11 is 6.91. The first-order chi connectivity index (χ1) is 8.10. The first-order valence-electron chi connectivity index (χ1n) is 5.69. The van der Waals surface area contributed by atoms with Gasteiger partial charge in [-0.3, -0.25) is 4.79 Å². The molecule has 1 aliphatic heterocycles. The summed E-state index contributed by atoms with van der Waals surface area (Å²) in [4.78, 5) is 13.8. The summed E-state index contributed by atoms with van der Waals surface area (Å²) in [5.41, 5.74) is 2.46. The van der Waals surface area contributed by atoms with Crippen molar-refractivity contribution < 1.29 is 4.79 Å². The molecular weight excluding hydrogens is 346 g/mol. The zero-order valence-electron chi connectivity index (χ0n) is 9.75. The third-order valence-corrected chi connectivity index (χ3v) is 4.59. The van der Waals surface area contributed by atoms with Crippen molar-refractivity contribution in [1.29, 1.82) is 0 Å². The fourth-order valence-corrected chi connectivity index (χ4v) is 3.06. The average molecular weight is 361 g/mol. The highest BCUT2D eigenvalue weighted by atomic mass is 79.9. The highest BCUT2D eigenvalue weighted by Crippen LogP contribution is 2.23. The molecule has 0 aliphatic carbocycles. The van der Waals surface area contributed by atoms with Crippen molar-refractivity contribution in [2.24, 2.45) is 5.92 Å². The molecule has 1 aliphatic rings.